The van der Waals surface area contributed by atoms with Gasteiger partial charge in [0.25, 0.3) is 5.91 Å². The van der Waals surface area contributed by atoms with Crippen LogP contribution in [-0.2, 0) is 10.0 Å². The summed E-state index contributed by atoms with van der Waals surface area (Å²) in [6.45, 7) is 1.78. The first-order valence-electron chi connectivity index (χ1n) is 4.09. The minimum atomic E-state index is -3.53. The van der Waals surface area contributed by atoms with Crippen LogP contribution in [0.2, 0.25) is 0 Å². The normalized spacial score (nSPS) is 11.3. The van der Waals surface area contributed by atoms with Crippen LogP contribution in [0.25, 0.3) is 0 Å². The maximum Gasteiger partial charge on any atom is 0.270 e. The smallest absolute Gasteiger partial charge is 0.270 e. The van der Waals surface area contributed by atoms with Crippen LogP contribution in [0.3, 0.4) is 0 Å². The molecule has 1 rings (SSSR count). The molecule has 84 valence electrons. The van der Waals surface area contributed by atoms with Gasteiger partial charge in [0.05, 0.1) is 10.8 Å². The van der Waals surface area contributed by atoms with Crippen molar-refractivity contribution < 1.29 is 13.2 Å². The Morgan fingerprint density at radius 2 is 2.33 bits per heavy atom. The van der Waals surface area contributed by atoms with Gasteiger partial charge in [-0.25, -0.2) is 18.5 Å². The fourth-order valence-corrected chi connectivity index (χ4v) is 1.84. The second kappa shape index (κ2) is 4.69. The van der Waals surface area contributed by atoms with Crippen LogP contribution in [0, 0.1) is 6.92 Å². The van der Waals surface area contributed by atoms with Gasteiger partial charge in [0, 0.05) is 11.9 Å². The summed E-state index contributed by atoms with van der Waals surface area (Å²) in [5, 5.41) is 9.58. The number of thiazole rings is 1. The summed E-state index contributed by atoms with van der Waals surface area (Å²) < 4.78 is 21.1. The molecule has 1 amide bonds. The number of aryl methyl sites for hydroxylation is 1. The molecule has 0 saturated heterocycles. The maximum atomic E-state index is 11.3. The molecule has 0 fully saturated rings. The first-order valence-corrected chi connectivity index (χ1v) is 6.69. The average molecular weight is 249 g/mol. The summed E-state index contributed by atoms with van der Waals surface area (Å²) in [4.78, 5) is 15.3. The Bertz CT molecular complexity index is 452. The summed E-state index contributed by atoms with van der Waals surface area (Å²) in [5.41, 5.74) is 0.298. The van der Waals surface area contributed by atoms with E-state index in [1.165, 1.54) is 11.3 Å². The van der Waals surface area contributed by atoms with Gasteiger partial charge in [-0.3, -0.25) is 4.79 Å². The molecule has 0 atom stereocenters. The van der Waals surface area contributed by atoms with Gasteiger partial charge in [0.1, 0.15) is 5.69 Å². The molecular weight excluding hydrogens is 238 g/mol. The number of carbonyl (C=O) groups excluding carboxylic acids is 1. The van der Waals surface area contributed by atoms with Crippen molar-refractivity contribution in [2.24, 2.45) is 5.14 Å². The molecule has 8 heteroatoms. The van der Waals surface area contributed by atoms with Gasteiger partial charge in [-0.15, -0.1) is 11.3 Å². The van der Waals surface area contributed by atoms with Crippen molar-refractivity contribution in [1.82, 2.24) is 10.3 Å². The van der Waals surface area contributed by atoms with Gasteiger partial charge in [-0.1, -0.05) is 0 Å². The van der Waals surface area contributed by atoms with Gasteiger partial charge >= 0.3 is 0 Å². The maximum absolute atomic E-state index is 11.3. The highest BCUT2D eigenvalue weighted by Crippen LogP contribution is 2.07. The lowest BCUT2D eigenvalue weighted by Gasteiger charge is -2.00. The molecule has 0 spiro atoms. The SMILES string of the molecule is Cc1nc(C(=O)NCCS(N)(=O)=O)cs1. The van der Waals surface area contributed by atoms with Crippen molar-refractivity contribution in [3.8, 4) is 0 Å². The lowest BCUT2D eigenvalue weighted by atomic mass is 10.4. The van der Waals surface area contributed by atoms with Crippen LogP contribution in [-0.4, -0.2) is 31.6 Å². The Labute approximate surface area is 91.6 Å². The number of sulfonamides is 1. The highest BCUT2D eigenvalue weighted by Gasteiger charge is 2.09. The number of carbonyl (C=O) groups is 1. The number of amides is 1. The molecule has 1 heterocycles. The molecule has 0 unspecified atom stereocenters. The van der Waals surface area contributed by atoms with E-state index in [4.69, 9.17) is 5.14 Å². The standard InChI is InChI=1S/C7H11N3O3S2/c1-5-10-6(4-14-5)7(11)9-2-3-15(8,12)13/h4H,2-3H2,1H3,(H,9,11)(H2,8,12,13). The average Bonchev–Trinajstić information content (AvgIpc) is 2.49. The number of nitrogens with one attached hydrogen (secondary N) is 1. The minimum Gasteiger partial charge on any atom is -0.350 e. The van der Waals surface area contributed by atoms with E-state index >= 15 is 0 Å². The number of nitrogens with zero attached hydrogens (tertiary/aromatic N) is 1. The van der Waals surface area contributed by atoms with E-state index in [1.807, 2.05) is 0 Å². The first kappa shape index (κ1) is 12.1. The van der Waals surface area contributed by atoms with E-state index in [2.05, 4.69) is 10.3 Å². The molecule has 3 N–H and O–H groups in total. The van der Waals surface area contributed by atoms with E-state index in [1.54, 1.807) is 12.3 Å². The number of primary sulfonamides is 1. The molecular formula is C7H11N3O3S2. The lowest BCUT2D eigenvalue weighted by molar-refractivity contribution is 0.0951. The lowest BCUT2D eigenvalue weighted by Crippen LogP contribution is -2.31. The Hall–Kier alpha value is -0.990. The van der Waals surface area contributed by atoms with E-state index in [-0.39, 0.29) is 18.2 Å². The van der Waals surface area contributed by atoms with E-state index in [0.29, 0.717) is 5.69 Å². The van der Waals surface area contributed by atoms with Crippen LogP contribution in [0.5, 0.6) is 0 Å². The zero-order valence-electron chi connectivity index (χ0n) is 8.06. The van der Waals surface area contributed by atoms with Gasteiger partial charge < -0.3 is 5.32 Å². The summed E-state index contributed by atoms with van der Waals surface area (Å²) in [6.07, 6.45) is 0. The highest BCUT2D eigenvalue weighted by molar-refractivity contribution is 7.89. The highest BCUT2D eigenvalue weighted by atomic mass is 32.2. The van der Waals surface area contributed by atoms with Crippen molar-refractivity contribution in [2.75, 3.05) is 12.3 Å². The second-order valence-corrected chi connectivity index (χ2v) is 5.67. The quantitative estimate of drug-likeness (QED) is 0.748. The molecule has 0 bridgehead atoms. The molecule has 0 aromatic carbocycles. The zero-order chi connectivity index (χ0) is 11.5. The molecule has 1 aromatic rings. The van der Waals surface area contributed by atoms with Gasteiger partial charge in [0.2, 0.25) is 10.0 Å². The summed E-state index contributed by atoms with van der Waals surface area (Å²) in [6, 6.07) is 0. The van der Waals surface area contributed by atoms with Crippen LogP contribution in [0.15, 0.2) is 5.38 Å². The Morgan fingerprint density at radius 3 is 2.80 bits per heavy atom. The molecule has 15 heavy (non-hydrogen) atoms. The van der Waals surface area contributed by atoms with Crippen LogP contribution >= 0.6 is 11.3 Å². The topological polar surface area (TPSA) is 102 Å². The molecule has 0 aliphatic rings. The summed E-state index contributed by atoms with van der Waals surface area (Å²) in [5.74, 6) is -0.662. The van der Waals surface area contributed by atoms with Gasteiger partial charge in [-0.2, -0.15) is 0 Å². The van der Waals surface area contributed by atoms with Crippen molar-refractivity contribution >= 4 is 27.3 Å². The third-order valence-electron chi connectivity index (χ3n) is 1.52. The third kappa shape index (κ3) is 4.36. The number of aromatic nitrogens is 1. The molecule has 6 nitrogen and oxygen atoms in total. The summed E-state index contributed by atoms with van der Waals surface area (Å²) >= 11 is 1.36. The van der Waals surface area contributed by atoms with Crippen LogP contribution in [0.1, 0.15) is 15.5 Å². The zero-order valence-corrected chi connectivity index (χ0v) is 9.69. The first-order chi connectivity index (χ1) is 6.88. The minimum absolute atomic E-state index is 0.00571. The molecule has 0 aliphatic heterocycles. The fraction of sp³-hybridized carbons (Fsp3) is 0.429. The van der Waals surface area contributed by atoms with E-state index in [9.17, 15) is 13.2 Å². The number of hydrogen-bond donors (Lipinski definition) is 2. The Kier molecular flexibility index (Phi) is 3.77. The van der Waals surface area contributed by atoms with Crippen molar-refractivity contribution in [3.63, 3.8) is 0 Å². The monoisotopic (exact) mass is 249 g/mol. The van der Waals surface area contributed by atoms with Crippen LogP contribution in [0.4, 0.5) is 0 Å². The van der Waals surface area contributed by atoms with Gasteiger partial charge in [-0.05, 0) is 6.92 Å². The number of nitrogens with two attached hydrogens (primary N) is 1. The number of hydrogen-bond acceptors (Lipinski definition) is 5. The Balaban J connectivity index is 2.44. The molecule has 1 aromatic heterocycles. The summed E-state index contributed by atoms with van der Waals surface area (Å²) in [7, 11) is -3.53. The largest absolute Gasteiger partial charge is 0.350 e. The van der Waals surface area contributed by atoms with Gasteiger partial charge in [0.15, 0.2) is 0 Å². The predicted octanol–water partition coefficient (Wildman–Crippen LogP) is -0.530. The van der Waals surface area contributed by atoms with Crippen molar-refractivity contribution in [2.45, 2.75) is 6.92 Å². The van der Waals surface area contributed by atoms with Crippen molar-refractivity contribution in [1.29, 1.82) is 0 Å². The Morgan fingerprint density at radius 1 is 1.67 bits per heavy atom. The van der Waals surface area contributed by atoms with E-state index < -0.39 is 10.0 Å². The van der Waals surface area contributed by atoms with Crippen molar-refractivity contribution in [3.05, 3.63) is 16.1 Å². The van der Waals surface area contributed by atoms with E-state index in [0.717, 1.165) is 5.01 Å². The predicted molar refractivity (Wildman–Crippen MR) is 57.2 cm³/mol. The molecule has 0 radical (unpaired) electrons. The second-order valence-electron chi connectivity index (χ2n) is 2.87. The van der Waals surface area contributed by atoms with Crippen LogP contribution < -0.4 is 10.5 Å². The number of rotatable bonds is 4. The molecule has 0 aliphatic carbocycles. The molecule has 0 saturated carbocycles. The third-order valence-corrected chi connectivity index (χ3v) is 3.07. The fourth-order valence-electron chi connectivity index (χ4n) is 0.865.